The van der Waals surface area contributed by atoms with E-state index in [1.54, 1.807) is 24.3 Å². The van der Waals surface area contributed by atoms with Crippen LogP contribution in [0.15, 0.2) is 52.9 Å². The lowest BCUT2D eigenvalue weighted by Crippen LogP contribution is -2.31. The van der Waals surface area contributed by atoms with Crippen LogP contribution in [-0.4, -0.2) is 41.5 Å². The third-order valence-electron chi connectivity index (χ3n) is 3.81. The highest BCUT2D eigenvalue weighted by molar-refractivity contribution is 5.74. The minimum Gasteiger partial charge on any atom is -0.492 e. The van der Waals surface area contributed by atoms with E-state index >= 15 is 0 Å². The van der Waals surface area contributed by atoms with Gasteiger partial charge in [-0.05, 0) is 29.8 Å². The van der Waals surface area contributed by atoms with Crippen LogP contribution in [0.3, 0.4) is 0 Å². The van der Waals surface area contributed by atoms with Gasteiger partial charge >= 0.3 is 6.03 Å². The second-order valence-electron chi connectivity index (χ2n) is 5.77. The molecule has 26 heavy (non-hydrogen) atoms. The number of urea groups is 1. The Labute approximate surface area is 150 Å². The molecule has 1 heterocycles. The molecule has 0 saturated heterocycles. The molecule has 8 nitrogen and oxygen atoms in total. The maximum atomic E-state index is 10.8. The standard InChI is InChI=1S/C18H20N4O4/c1-21(18-20-15-4-2-3-5-16(15)26-18)10-11-25-14-8-6-13(7-9-14)12-22(24)17(19)23/h2-9,24H,10-12H2,1H3,(H2,19,23). The van der Waals surface area contributed by atoms with E-state index in [1.807, 2.05) is 36.2 Å². The number of para-hydroxylation sites is 2. The summed E-state index contributed by atoms with van der Waals surface area (Å²) in [6.07, 6.45) is 0. The van der Waals surface area contributed by atoms with Gasteiger partial charge in [-0.2, -0.15) is 4.98 Å². The monoisotopic (exact) mass is 356 g/mol. The van der Waals surface area contributed by atoms with Crippen molar-refractivity contribution >= 4 is 23.1 Å². The fourth-order valence-electron chi connectivity index (χ4n) is 2.36. The van der Waals surface area contributed by atoms with Gasteiger partial charge in [0, 0.05) is 7.05 Å². The molecule has 0 saturated carbocycles. The fourth-order valence-corrected chi connectivity index (χ4v) is 2.36. The van der Waals surface area contributed by atoms with E-state index in [4.69, 9.17) is 14.9 Å². The predicted molar refractivity (Wildman–Crippen MR) is 96.1 cm³/mol. The number of likely N-dealkylation sites (N-methyl/N-ethyl adjacent to an activating group) is 1. The van der Waals surface area contributed by atoms with Crippen LogP contribution in [0.4, 0.5) is 10.8 Å². The summed E-state index contributed by atoms with van der Waals surface area (Å²) in [6, 6.07) is 14.3. The van der Waals surface area contributed by atoms with Crippen molar-refractivity contribution in [1.29, 1.82) is 0 Å². The highest BCUT2D eigenvalue weighted by Gasteiger charge is 2.10. The highest BCUT2D eigenvalue weighted by Crippen LogP contribution is 2.20. The molecule has 0 atom stereocenters. The second kappa shape index (κ2) is 7.75. The summed E-state index contributed by atoms with van der Waals surface area (Å²) >= 11 is 0. The van der Waals surface area contributed by atoms with Gasteiger partial charge in [0.05, 0.1) is 13.1 Å². The fraction of sp³-hybridized carbons (Fsp3) is 0.222. The number of benzene rings is 2. The molecule has 136 valence electrons. The van der Waals surface area contributed by atoms with Crippen LogP contribution in [0.5, 0.6) is 5.75 Å². The van der Waals surface area contributed by atoms with Crippen molar-refractivity contribution in [2.45, 2.75) is 6.54 Å². The molecule has 2 aromatic carbocycles. The molecule has 0 fully saturated rings. The third-order valence-corrected chi connectivity index (χ3v) is 3.81. The average molecular weight is 356 g/mol. The third kappa shape index (κ3) is 4.22. The van der Waals surface area contributed by atoms with Gasteiger partial charge in [0.2, 0.25) is 0 Å². The number of anilines is 1. The van der Waals surface area contributed by atoms with Crippen LogP contribution in [0, 0.1) is 0 Å². The summed E-state index contributed by atoms with van der Waals surface area (Å²) < 4.78 is 11.4. The Bertz CT molecular complexity index is 845. The van der Waals surface area contributed by atoms with E-state index in [0.717, 1.165) is 16.7 Å². The summed E-state index contributed by atoms with van der Waals surface area (Å²) in [6.45, 7) is 1.07. The van der Waals surface area contributed by atoms with Crippen LogP contribution in [0.2, 0.25) is 0 Å². The predicted octanol–water partition coefficient (Wildman–Crippen LogP) is 2.61. The maximum Gasteiger partial charge on any atom is 0.338 e. The first-order chi connectivity index (χ1) is 12.5. The van der Waals surface area contributed by atoms with Crippen LogP contribution in [0.1, 0.15) is 5.56 Å². The van der Waals surface area contributed by atoms with Crippen LogP contribution >= 0.6 is 0 Å². The van der Waals surface area contributed by atoms with Gasteiger partial charge in [0.1, 0.15) is 17.9 Å². The number of oxazole rings is 1. The lowest BCUT2D eigenvalue weighted by molar-refractivity contribution is -0.0470. The Balaban J connectivity index is 1.50. The Morgan fingerprint density at radius 2 is 1.96 bits per heavy atom. The van der Waals surface area contributed by atoms with Gasteiger partial charge in [-0.1, -0.05) is 24.3 Å². The summed E-state index contributed by atoms with van der Waals surface area (Å²) in [5.74, 6) is 0.684. The number of fused-ring (bicyclic) bond motifs is 1. The molecule has 8 heteroatoms. The van der Waals surface area contributed by atoms with Gasteiger partial charge in [-0.25, -0.2) is 9.86 Å². The largest absolute Gasteiger partial charge is 0.492 e. The molecule has 0 bridgehead atoms. The minimum atomic E-state index is -0.896. The van der Waals surface area contributed by atoms with E-state index in [-0.39, 0.29) is 6.54 Å². The Morgan fingerprint density at radius 1 is 1.23 bits per heavy atom. The molecule has 0 aliphatic heterocycles. The zero-order valence-corrected chi connectivity index (χ0v) is 14.3. The van der Waals surface area contributed by atoms with Gasteiger partial charge < -0.3 is 19.8 Å². The minimum absolute atomic E-state index is 0.0239. The van der Waals surface area contributed by atoms with Gasteiger partial charge in [-0.3, -0.25) is 5.21 Å². The molecular weight excluding hydrogens is 336 g/mol. The summed E-state index contributed by atoms with van der Waals surface area (Å²) in [7, 11) is 1.89. The van der Waals surface area contributed by atoms with Crippen LogP contribution in [-0.2, 0) is 6.54 Å². The first-order valence-electron chi connectivity index (χ1n) is 8.07. The topological polar surface area (TPSA) is 105 Å². The number of primary amides is 1. The number of aromatic nitrogens is 1. The molecular formula is C18H20N4O4. The van der Waals surface area contributed by atoms with Gasteiger partial charge in [0.15, 0.2) is 5.58 Å². The van der Waals surface area contributed by atoms with Crippen LogP contribution < -0.4 is 15.4 Å². The van der Waals surface area contributed by atoms with Gasteiger partial charge in [-0.15, -0.1) is 0 Å². The van der Waals surface area contributed by atoms with Crippen LogP contribution in [0.25, 0.3) is 11.1 Å². The molecule has 0 radical (unpaired) electrons. The molecule has 1 aromatic heterocycles. The lowest BCUT2D eigenvalue weighted by atomic mass is 10.2. The van der Waals surface area contributed by atoms with Crippen molar-refractivity contribution in [3.05, 3.63) is 54.1 Å². The van der Waals surface area contributed by atoms with E-state index in [1.165, 1.54) is 0 Å². The van der Waals surface area contributed by atoms with Crippen molar-refractivity contribution in [3.8, 4) is 5.75 Å². The molecule has 3 N–H and O–H groups in total. The number of hydrogen-bond acceptors (Lipinski definition) is 6. The SMILES string of the molecule is CN(CCOc1ccc(CN(O)C(N)=O)cc1)c1nc2ccccc2o1. The number of nitrogens with zero attached hydrogens (tertiary/aromatic N) is 3. The van der Waals surface area contributed by atoms with E-state index in [0.29, 0.717) is 30.0 Å². The molecule has 0 spiro atoms. The second-order valence-corrected chi connectivity index (χ2v) is 5.77. The van der Waals surface area contributed by atoms with E-state index in [2.05, 4.69) is 4.98 Å². The normalized spacial score (nSPS) is 10.7. The Kier molecular flexibility index (Phi) is 5.23. The summed E-state index contributed by atoms with van der Waals surface area (Å²) in [4.78, 5) is 17.1. The first-order valence-corrected chi connectivity index (χ1v) is 8.07. The number of carbonyl (C=O) groups is 1. The molecule has 2 amide bonds. The first kappa shape index (κ1) is 17.6. The van der Waals surface area contributed by atoms with Crippen molar-refractivity contribution in [1.82, 2.24) is 10.0 Å². The smallest absolute Gasteiger partial charge is 0.338 e. The zero-order valence-electron chi connectivity index (χ0n) is 14.3. The number of hydroxylamine groups is 2. The zero-order chi connectivity index (χ0) is 18.5. The number of nitrogens with two attached hydrogens (primary N) is 1. The van der Waals surface area contributed by atoms with Crippen molar-refractivity contribution in [3.63, 3.8) is 0 Å². The number of hydrogen-bond donors (Lipinski definition) is 2. The van der Waals surface area contributed by atoms with Crippen molar-refractivity contribution in [2.75, 3.05) is 25.1 Å². The summed E-state index contributed by atoms with van der Waals surface area (Å²) in [5, 5.41) is 9.77. The summed E-state index contributed by atoms with van der Waals surface area (Å²) in [5.41, 5.74) is 7.28. The van der Waals surface area contributed by atoms with E-state index in [9.17, 15) is 10.0 Å². The number of amides is 2. The number of carbonyl (C=O) groups excluding carboxylic acids is 1. The molecule has 3 aromatic rings. The molecule has 0 unspecified atom stereocenters. The van der Waals surface area contributed by atoms with E-state index < -0.39 is 6.03 Å². The molecule has 3 rings (SSSR count). The lowest BCUT2D eigenvalue weighted by Gasteiger charge is -2.15. The number of rotatable bonds is 7. The highest BCUT2D eigenvalue weighted by atomic mass is 16.5. The molecule has 0 aliphatic rings. The number of ether oxygens (including phenoxy) is 1. The van der Waals surface area contributed by atoms with Crippen molar-refractivity contribution < 1.29 is 19.2 Å². The Hall–Kier alpha value is -3.26. The maximum absolute atomic E-state index is 10.8. The Morgan fingerprint density at radius 3 is 2.65 bits per heavy atom. The molecule has 0 aliphatic carbocycles. The quantitative estimate of drug-likeness (QED) is 0.498. The van der Waals surface area contributed by atoms with Gasteiger partial charge in [0.25, 0.3) is 6.01 Å². The van der Waals surface area contributed by atoms with Crippen molar-refractivity contribution in [2.24, 2.45) is 5.73 Å². The average Bonchev–Trinajstić information content (AvgIpc) is 3.07.